The number of nitrogens with one attached hydrogen (secondary N) is 1. The quantitative estimate of drug-likeness (QED) is 0.247. The lowest BCUT2D eigenvalue weighted by Crippen LogP contribution is -2.74. The van der Waals surface area contributed by atoms with Gasteiger partial charge < -0.3 is 5.32 Å². The van der Waals surface area contributed by atoms with E-state index in [1.54, 1.807) is 0 Å². The number of hydrazine groups is 1. The number of amides is 2. The number of carbonyl (C=O) groups is 2. The van der Waals surface area contributed by atoms with Gasteiger partial charge in [0.15, 0.2) is 0 Å². The molecule has 1 aliphatic rings. The summed E-state index contributed by atoms with van der Waals surface area (Å²) in [6.45, 7) is 8.75. The molecule has 0 radical (unpaired) electrons. The van der Waals surface area contributed by atoms with Crippen LogP contribution in [0.1, 0.15) is 31.9 Å². The number of rotatable bonds is 8. The predicted molar refractivity (Wildman–Crippen MR) is 158 cm³/mol. The normalized spacial score (nSPS) is 17.0. The summed E-state index contributed by atoms with van der Waals surface area (Å²) in [5.41, 5.74) is 1.99. The van der Waals surface area contributed by atoms with Crippen molar-refractivity contribution in [2.24, 2.45) is 5.10 Å². The van der Waals surface area contributed by atoms with Crippen molar-refractivity contribution >= 4 is 39.7 Å². The van der Waals surface area contributed by atoms with Gasteiger partial charge in [0.2, 0.25) is 5.91 Å². The maximum Gasteiger partial charge on any atom is 0.302 e. The van der Waals surface area contributed by atoms with Crippen molar-refractivity contribution < 1.29 is 9.59 Å². The number of fused-ring (bicyclic) bond motifs is 1. The number of hydrogen-bond acceptors (Lipinski definition) is 5. The second-order valence-electron chi connectivity index (χ2n) is 9.56. The van der Waals surface area contributed by atoms with Gasteiger partial charge in [-0.15, -0.1) is 0 Å². The van der Waals surface area contributed by atoms with Gasteiger partial charge in [0.1, 0.15) is 5.71 Å². The first kappa shape index (κ1) is 26.1. The van der Waals surface area contributed by atoms with Gasteiger partial charge in [-0.2, -0.15) is 10.1 Å². The Morgan fingerprint density at radius 2 is 1.51 bits per heavy atom. The highest BCUT2D eigenvalue weighted by molar-refractivity contribution is 6.33. The number of hydrogen-bond donors (Lipinski definition) is 1. The lowest BCUT2D eigenvalue weighted by atomic mass is 9.91. The molecule has 39 heavy (non-hydrogen) atoms. The molecule has 1 aliphatic heterocycles. The van der Waals surface area contributed by atoms with Crippen LogP contribution in [0.2, 0.25) is 0 Å². The Labute approximate surface area is 229 Å². The first-order valence-electron chi connectivity index (χ1n) is 13.3. The van der Waals surface area contributed by atoms with Crippen molar-refractivity contribution in [3.05, 3.63) is 108 Å². The molecule has 198 valence electrons. The lowest BCUT2D eigenvalue weighted by molar-refractivity contribution is -0.129. The van der Waals surface area contributed by atoms with Gasteiger partial charge in [0, 0.05) is 25.6 Å². The van der Waals surface area contributed by atoms with E-state index < -0.39 is 5.66 Å². The Morgan fingerprint density at radius 1 is 0.872 bits per heavy atom. The van der Waals surface area contributed by atoms with E-state index in [0.29, 0.717) is 24.5 Å². The minimum absolute atomic E-state index is 0.336. The van der Waals surface area contributed by atoms with Crippen molar-refractivity contribution in [1.82, 2.24) is 10.3 Å². The summed E-state index contributed by atoms with van der Waals surface area (Å²) >= 11 is 0. The number of nitrogens with zero attached hydrogens (tertiary/aromatic N) is 4. The van der Waals surface area contributed by atoms with Crippen molar-refractivity contribution in [3.8, 4) is 0 Å². The molecule has 2 amide bonds. The van der Waals surface area contributed by atoms with Crippen LogP contribution in [0.3, 0.4) is 0 Å². The van der Waals surface area contributed by atoms with Crippen molar-refractivity contribution in [2.45, 2.75) is 33.4 Å². The van der Waals surface area contributed by atoms with Crippen LogP contribution < -0.4 is 15.3 Å². The third-order valence-electron chi connectivity index (χ3n) is 7.12. The zero-order chi connectivity index (χ0) is 27.6. The summed E-state index contributed by atoms with van der Waals surface area (Å²) in [4.78, 5) is 27.9. The standard InChI is InChI=1S/C32H33N5O2/c1-5-35(6-2)37(29-22-13-10-15-23(29)3)32(33-24(4)38)30(28-21-14-17-25-16-11-12-20-27(25)28)34-36(31(32)39)26-18-8-7-9-19-26/h7-22H,5-6H2,1-4H3,(H,33,38). The SMILES string of the molecule is CCN(CC)N(c1ccccc1C)C1(NC(C)=O)C(=O)N(c2ccccc2)N=C1c1cccc2ccccc12. The van der Waals surface area contributed by atoms with E-state index in [-0.39, 0.29) is 11.8 Å². The third-order valence-corrected chi connectivity index (χ3v) is 7.12. The third kappa shape index (κ3) is 4.45. The molecular formula is C32H33N5O2. The van der Waals surface area contributed by atoms with Crippen LogP contribution in [-0.2, 0) is 9.59 Å². The fourth-order valence-electron chi connectivity index (χ4n) is 5.36. The van der Waals surface area contributed by atoms with Gasteiger partial charge in [-0.3, -0.25) is 14.6 Å². The van der Waals surface area contributed by atoms with E-state index in [2.05, 4.69) is 10.3 Å². The number of carbonyl (C=O) groups excluding carboxylic acids is 2. The Hall–Kier alpha value is -4.49. The molecule has 1 unspecified atom stereocenters. The smallest absolute Gasteiger partial charge is 0.302 e. The summed E-state index contributed by atoms with van der Waals surface area (Å²) < 4.78 is 0. The maximum absolute atomic E-state index is 14.9. The summed E-state index contributed by atoms with van der Waals surface area (Å²) in [7, 11) is 0. The van der Waals surface area contributed by atoms with E-state index in [9.17, 15) is 9.59 Å². The monoisotopic (exact) mass is 519 g/mol. The van der Waals surface area contributed by atoms with Gasteiger partial charge in [-0.05, 0) is 41.5 Å². The molecule has 4 aromatic rings. The summed E-state index contributed by atoms with van der Waals surface area (Å²) in [6.07, 6.45) is 0. The number of para-hydroxylation sites is 2. The molecule has 0 aromatic heterocycles. The van der Waals surface area contributed by atoms with Crippen molar-refractivity contribution in [3.63, 3.8) is 0 Å². The van der Waals surface area contributed by atoms with E-state index in [0.717, 1.165) is 27.6 Å². The molecule has 0 saturated carbocycles. The predicted octanol–water partition coefficient (Wildman–Crippen LogP) is 5.49. The topological polar surface area (TPSA) is 68.2 Å². The molecule has 1 N–H and O–H groups in total. The van der Waals surface area contributed by atoms with Crippen LogP contribution in [0.15, 0.2) is 102 Å². The molecule has 1 atom stereocenters. The van der Waals surface area contributed by atoms with Gasteiger partial charge in [-0.25, -0.2) is 5.01 Å². The van der Waals surface area contributed by atoms with Crippen LogP contribution >= 0.6 is 0 Å². The Bertz CT molecular complexity index is 1540. The highest BCUT2D eigenvalue weighted by atomic mass is 16.2. The molecule has 0 saturated heterocycles. The van der Waals surface area contributed by atoms with Gasteiger partial charge >= 0.3 is 5.91 Å². The second-order valence-corrected chi connectivity index (χ2v) is 9.56. The van der Waals surface area contributed by atoms with Crippen molar-refractivity contribution in [2.75, 3.05) is 23.1 Å². The summed E-state index contributed by atoms with van der Waals surface area (Å²) in [5.74, 6) is -0.695. The van der Waals surface area contributed by atoms with Crippen LogP contribution in [0.4, 0.5) is 11.4 Å². The summed E-state index contributed by atoms with van der Waals surface area (Å²) in [5, 5.41) is 15.5. The molecule has 4 aromatic carbocycles. The fraction of sp³-hybridized carbons (Fsp3) is 0.219. The van der Waals surface area contributed by atoms with Gasteiger partial charge in [0.25, 0.3) is 5.66 Å². The van der Waals surface area contributed by atoms with Crippen molar-refractivity contribution in [1.29, 1.82) is 0 Å². The second kappa shape index (κ2) is 10.7. The number of benzene rings is 4. The van der Waals surface area contributed by atoms with E-state index in [4.69, 9.17) is 5.10 Å². The maximum atomic E-state index is 14.9. The molecule has 0 aliphatic carbocycles. The Balaban J connectivity index is 1.89. The minimum Gasteiger partial charge on any atom is -0.319 e. The van der Waals surface area contributed by atoms with E-state index in [1.807, 2.05) is 123 Å². The van der Waals surface area contributed by atoms with Crippen LogP contribution in [0.25, 0.3) is 10.8 Å². The number of anilines is 2. The molecule has 7 nitrogen and oxygen atoms in total. The summed E-state index contributed by atoms with van der Waals surface area (Å²) in [6, 6.07) is 31.2. The lowest BCUT2D eigenvalue weighted by Gasteiger charge is -2.47. The first-order chi connectivity index (χ1) is 18.9. The van der Waals surface area contributed by atoms with Crippen LogP contribution in [0, 0.1) is 6.92 Å². The Kier molecular flexibility index (Phi) is 7.17. The number of hydrazone groups is 1. The van der Waals surface area contributed by atoms with E-state index in [1.165, 1.54) is 11.9 Å². The molecule has 0 bridgehead atoms. The first-order valence-corrected chi connectivity index (χ1v) is 13.3. The van der Waals surface area contributed by atoms with Gasteiger partial charge in [-0.1, -0.05) is 92.7 Å². The van der Waals surface area contributed by atoms with E-state index >= 15 is 0 Å². The zero-order valence-corrected chi connectivity index (χ0v) is 22.8. The molecule has 0 spiro atoms. The highest BCUT2D eigenvalue weighted by Gasteiger charge is 2.59. The Morgan fingerprint density at radius 3 is 2.21 bits per heavy atom. The largest absolute Gasteiger partial charge is 0.319 e. The average molecular weight is 520 g/mol. The minimum atomic E-state index is -1.65. The molecule has 1 heterocycles. The molecule has 0 fully saturated rings. The van der Waals surface area contributed by atoms with Crippen LogP contribution in [0.5, 0.6) is 0 Å². The highest BCUT2D eigenvalue weighted by Crippen LogP contribution is 2.39. The number of aryl methyl sites for hydroxylation is 1. The molecule has 7 heteroatoms. The van der Waals surface area contributed by atoms with Crippen LogP contribution in [-0.4, -0.2) is 41.3 Å². The molecular weight excluding hydrogens is 486 g/mol. The fourth-order valence-corrected chi connectivity index (χ4v) is 5.36. The molecule has 5 rings (SSSR count). The zero-order valence-electron chi connectivity index (χ0n) is 22.8. The average Bonchev–Trinajstić information content (AvgIpc) is 3.23. The van der Waals surface area contributed by atoms with Gasteiger partial charge in [0.05, 0.1) is 11.4 Å².